The molecular weight excluding hydrogens is 240 g/mol. The van der Waals surface area contributed by atoms with Gasteiger partial charge in [-0.15, -0.1) is 0 Å². The monoisotopic (exact) mass is 270 g/mol. The quantitative estimate of drug-likeness (QED) is 0.312. The van der Waals surface area contributed by atoms with E-state index in [9.17, 15) is 10.1 Å². The van der Waals surface area contributed by atoms with E-state index in [0.29, 0.717) is 6.42 Å². The van der Waals surface area contributed by atoms with Crippen molar-refractivity contribution in [1.82, 2.24) is 0 Å². The molecule has 4 heteroatoms. The van der Waals surface area contributed by atoms with Crippen LogP contribution in [0.15, 0.2) is 36.5 Å². The lowest BCUT2D eigenvalue weighted by Crippen LogP contribution is -1.99. The van der Waals surface area contributed by atoms with Crippen molar-refractivity contribution in [3.63, 3.8) is 0 Å². The normalized spacial score (nSPS) is 10.1. The summed E-state index contributed by atoms with van der Waals surface area (Å²) in [6.07, 6.45) is 11.2. The Morgan fingerprint density at radius 3 is 2.32 bits per heavy atom. The highest BCUT2D eigenvalue weighted by Gasteiger charge is 1.97. The van der Waals surface area contributed by atoms with Crippen LogP contribution in [-0.4, -0.2) is 18.5 Å². The van der Waals surface area contributed by atoms with Gasteiger partial charge in [0, 0.05) is 11.3 Å². The van der Waals surface area contributed by atoms with Gasteiger partial charge < -0.3 is 5.73 Å². The van der Waals surface area contributed by atoms with E-state index < -0.39 is 0 Å². The van der Waals surface area contributed by atoms with Crippen LogP contribution in [0.1, 0.15) is 46.5 Å². The Kier molecular flexibility index (Phi) is 26.1. The van der Waals surface area contributed by atoms with E-state index in [4.69, 9.17) is 0 Å². The van der Waals surface area contributed by atoms with Crippen LogP contribution in [-0.2, 0) is 0 Å². The number of nitrogens with zero attached hydrogens (tertiary/aromatic N) is 1. The summed E-state index contributed by atoms with van der Waals surface area (Å²) < 4.78 is 0. The fourth-order valence-corrected chi connectivity index (χ4v) is 1.21. The lowest BCUT2D eigenvalue weighted by molar-refractivity contribution is -0.480. The largest absolute Gasteiger partial charge is 0.333 e. The van der Waals surface area contributed by atoms with Crippen molar-refractivity contribution >= 4 is 0 Å². The van der Waals surface area contributed by atoms with Gasteiger partial charge in [-0.1, -0.05) is 51.7 Å². The van der Waals surface area contributed by atoms with Gasteiger partial charge in [0.1, 0.15) is 0 Å². The summed E-state index contributed by atoms with van der Waals surface area (Å²) >= 11 is 0. The van der Waals surface area contributed by atoms with E-state index in [1.54, 1.807) is 6.08 Å². The molecule has 0 aromatic heterocycles. The van der Waals surface area contributed by atoms with E-state index in [-0.39, 0.29) is 11.5 Å². The minimum absolute atomic E-state index is 0.0683. The van der Waals surface area contributed by atoms with Gasteiger partial charge in [0.25, 0.3) is 0 Å². The van der Waals surface area contributed by atoms with Crippen LogP contribution in [0.5, 0.6) is 0 Å². The number of hydrogen-bond acceptors (Lipinski definition) is 3. The molecule has 0 atom stereocenters. The van der Waals surface area contributed by atoms with Crippen molar-refractivity contribution < 1.29 is 4.92 Å². The molecule has 0 amide bonds. The summed E-state index contributed by atoms with van der Waals surface area (Å²) in [7, 11) is 1.50. The average Bonchev–Trinajstić information content (AvgIpc) is 2.45. The summed E-state index contributed by atoms with van der Waals surface area (Å²) in [5.74, 6) is 0. The molecule has 0 spiro atoms. The van der Waals surface area contributed by atoms with Crippen LogP contribution in [0.4, 0.5) is 0 Å². The summed E-state index contributed by atoms with van der Waals surface area (Å²) in [6.45, 7) is 9.79. The third-order valence-electron chi connectivity index (χ3n) is 1.96. The molecule has 0 rings (SSSR count). The molecule has 0 aromatic rings. The van der Waals surface area contributed by atoms with Crippen molar-refractivity contribution in [2.75, 3.05) is 13.6 Å². The van der Waals surface area contributed by atoms with Crippen LogP contribution in [0.25, 0.3) is 0 Å². The second kappa shape index (κ2) is 21.8. The highest BCUT2D eigenvalue weighted by atomic mass is 16.6. The first-order chi connectivity index (χ1) is 9.20. The Hall–Kier alpha value is -1.42. The summed E-state index contributed by atoms with van der Waals surface area (Å²) in [5.41, 5.74) is 5.69. The topological polar surface area (TPSA) is 69.2 Å². The molecule has 0 heterocycles. The van der Waals surface area contributed by atoms with Crippen LogP contribution in [0.2, 0.25) is 0 Å². The molecule has 0 saturated heterocycles. The molecule has 0 radical (unpaired) electrons. The summed E-state index contributed by atoms with van der Waals surface area (Å²) in [5, 5.41) is 10.1. The molecule has 0 unspecified atom stereocenters. The van der Waals surface area contributed by atoms with E-state index in [0.717, 1.165) is 19.3 Å². The Balaban J connectivity index is -0.000000579. The van der Waals surface area contributed by atoms with E-state index in [1.165, 1.54) is 12.6 Å². The fraction of sp³-hybridized carbons (Fsp3) is 0.600. The third-order valence-corrected chi connectivity index (χ3v) is 1.96. The first kappa shape index (κ1) is 22.7. The number of nitro groups is 1. The summed E-state index contributed by atoms with van der Waals surface area (Å²) in [4.78, 5) is 9.84. The molecule has 0 aliphatic rings. The first-order valence-electron chi connectivity index (χ1n) is 6.88. The van der Waals surface area contributed by atoms with E-state index >= 15 is 0 Å². The maximum Gasteiger partial charge on any atom is 0.203 e. The van der Waals surface area contributed by atoms with Gasteiger partial charge in [-0.05, 0) is 31.9 Å². The number of unbranched alkanes of at least 4 members (excludes halogenated alkanes) is 1. The Morgan fingerprint density at radius 1 is 1.32 bits per heavy atom. The second-order valence-electron chi connectivity index (χ2n) is 3.30. The summed E-state index contributed by atoms with van der Waals surface area (Å²) in [6, 6.07) is 0. The number of nitrogens with two attached hydrogens (primary N) is 1. The molecular formula is C15H30N2O2. The van der Waals surface area contributed by atoms with Crippen molar-refractivity contribution in [3.05, 3.63) is 46.6 Å². The Bertz CT molecular complexity index is 259. The van der Waals surface area contributed by atoms with Gasteiger partial charge in [0.15, 0.2) is 0 Å². The van der Waals surface area contributed by atoms with Gasteiger partial charge in [-0.25, -0.2) is 0 Å². The minimum Gasteiger partial charge on any atom is -0.333 e. The molecule has 0 fully saturated rings. The molecule has 4 nitrogen and oxygen atoms in total. The van der Waals surface area contributed by atoms with E-state index in [1.807, 2.05) is 19.9 Å². The highest BCUT2D eigenvalue weighted by Crippen LogP contribution is 2.09. The zero-order chi connectivity index (χ0) is 15.5. The van der Waals surface area contributed by atoms with Gasteiger partial charge >= 0.3 is 0 Å². The maximum absolute atomic E-state index is 10.1. The number of rotatable bonds is 8. The number of allylic oxidation sites excluding steroid dienone is 5. The van der Waals surface area contributed by atoms with Gasteiger partial charge in [0.05, 0.1) is 0 Å². The zero-order valence-corrected chi connectivity index (χ0v) is 12.9. The Labute approximate surface area is 118 Å². The van der Waals surface area contributed by atoms with Crippen molar-refractivity contribution in [2.45, 2.75) is 46.5 Å². The molecule has 2 N–H and O–H groups in total. The zero-order valence-electron chi connectivity index (χ0n) is 12.9. The van der Waals surface area contributed by atoms with Crippen molar-refractivity contribution in [3.8, 4) is 0 Å². The standard InChI is InChI=1S/C12H19NO2.C2H6.CH5N/c1-3-5-9-12(8-4-2)10-6-7-11-13(14)15;2*1-2/h4-5,8-9H,2-3,6-7,10-11H2,1H3;1-2H3;2H2,1H3/b9-5-,12-8+;;. The van der Waals surface area contributed by atoms with Crippen LogP contribution >= 0.6 is 0 Å². The van der Waals surface area contributed by atoms with Crippen molar-refractivity contribution in [1.29, 1.82) is 0 Å². The maximum atomic E-state index is 10.1. The molecule has 19 heavy (non-hydrogen) atoms. The SMILES string of the molecule is C=C/C=C(\C=C/CC)CCCC[N+](=O)[O-].CC.CN. The molecule has 0 bridgehead atoms. The van der Waals surface area contributed by atoms with Gasteiger partial charge in [0.2, 0.25) is 6.54 Å². The molecule has 0 aromatic carbocycles. The van der Waals surface area contributed by atoms with E-state index in [2.05, 4.69) is 31.4 Å². The average molecular weight is 270 g/mol. The van der Waals surface area contributed by atoms with Gasteiger partial charge in [-0.3, -0.25) is 10.1 Å². The fourth-order valence-electron chi connectivity index (χ4n) is 1.21. The molecule has 0 saturated carbocycles. The first-order valence-corrected chi connectivity index (χ1v) is 6.88. The van der Waals surface area contributed by atoms with Gasteiger partial charge in [-0.2, -0.15) is 0 Å². The predicted octanol–water partition coefficient (Wildman–Crippen LogP) is 4.11. The Morgan fingerprint density at radius 2 is 1.89 bits per heavy atom. The van der Waals surface area contributed by atoms with Crippen LogP contribution < -0.4 is 5.73 Å². The second-order valence-corrected chi connectivity index (χ2v) is 3.30. The lowest BCUT2D eigenvalue weighted by Gasteiger charge is -1.99. The highest BCUT2D eigenvalue weighted by molar-refractivity contribution is 5.22. The molecule has 112 valence electrons. The van der Waals surface area contributed by atoms with Crippen LogP contribution in [0.3, 0.4) is 0 Å². The minimum atomic E-state index is -0.265. The molecule has 0 aliphatic carbocycles. The molecule has 0 aliphatic heterocycles. The third kappa shape index (κ3) is 22.3. The van der Waals surface area contributed by atoms with Crippen LogP contribution in [0, 0.1) is 10.1 Å². The number of hydrogen-bond donors (Lipinski definition) is 1. The lowest BCUT2D eigenvalue weighted by atomic mass is 10.1. The van der Waals surface area contributed by atoms with Crippen molar-refractivity contribution in [2.24, 2.45) is 5.73 Å². The smallest absolute Gasteiger partial charge is 0.203 e. The predicted molar refractivity (Wildman–Crippen MR) is 84.9 cm³/mol.